The van der Waals surface area contributed by atoms with Gasteiger partial charge in [-0.3, -0.25) is 4.79 Å². The molecule has 1 unspecified atom stereocenters. The van der Waals surface area contributed by atoms with Crippen LogP contribution >= 0.6 is 23.1 Å². The van der Waals surface area contributed by atoms with Crippen molar-refractivity contribution in [3.63, 3.8) is 0 Å². The Hall–Kier alpha value is -1.37. The molecule has 2 aromatic rings. The number of carbonyl (C=O) groups excluding carboxylic acids is 1. The first-order valence-corrected chi connectivity index (χ1v) is 7.94. The van der Waals surface area contributed by atoms with E-state index in [1.165, 1.54) is 17.4 Å². The Labute approximate surface area is 124 Å². The quantitative estimate of drug-likeness (QED) is 0.807. The number of hydrogen-bond acceptors (Lipinski definition) is 4. The summed E-state index contributed by atoms with van der Waals surface area (Å²) in [7, 11) is 0. The zero-order valence-corrected chi connectivity index (χ0v) is 12.2. The average molecular weight is 311 g/mol. The molecular formula is C14H14FNO2S2. The number of thioether (sulfide) groups is 1. The SMILES string of the molecule is O=C(CSc1ccccc1F)NCC(O)c1ccsc1. The topological polar surface area (TPSA) is 49.3 Å². The monoisotopic (exact) mass is 311 g/mol. The van der Waals surface area contributed by atoms with Gasteiger partial charge >= 0.3 is 0 Å². The summed E-state index contributed by atoms with van der Waals surface area (Å²) in [6, 6.07) is 8.14. The highest BCUT2D eigenvalue weighted by molar-refractivity contribution is 8.00. The molecule has 1 atom stereocenters. The molecule has 0 saturated carbocycles. The van der Waals surface area contributed by atoms with E-state index in [9.17, 15) is 14.3 Å². The first kappa shape index (κ1) is 15.0. The van der Waals surface area contributed by atoms with Gasteiger partial charge in [-0.1, -0.05) is 12.1 Å². The number of aliphatic hydroxyl groups is 1. The van der Waals surface area contributed by atoms with Gasteiger partial charge in [0.05, 0.1) is 11.9 Å². The molecule has 3 nitrogen and oxygen atoms in total. The van der Waals surface area contributed by atoms with Crippen molar-refractivity contribution in [2.24, 2.45) is 0 Å². The molecule has 1 amide bonds. The van der Waals surface area contributed by atoms with Crippen molar-refractivity contribution in [2.75, 3.05) is 12.3 Å². The van der Waals surface area contributed by atoms with E-state index in [1.54, 1.807) is 18.2 Å². The van der Waals surface area contributed by atoms with Crippen LogP contribution < -0.4 is 5.32 Å². The summed E-state index contributed by atoms with van der Waals surface area (Å²) in [5.41, 5.74) is 0.789. The second-order valence-corrected chi connectivity index (χ2v) is 5.89. The Kier molecular flexibility index (Phi) is 5.58. The summed E-state index contributed by atoms with van der Waals surface area (Å²) in [5, 5.41) is 16.2. The van der Waals surface area contributed by atoms with Gasteiger partial charge in [-0.15, -0.1) is 11.8 Å². The van der Waals surface area contributed by atoms with Crippen LogP contribution in [0.1, 0.15) is 11.7 Å². The Morgan fingerprint density at radius 1 is 1.40 bits per heavy atom. The summed E-state index contributed by atoms with van der Waals surface area (Å²) in [5.74, 6) is -0.437. The van der Waals surface area contributed by atoms with Crippen molar-refractivity contribution in [3.8, 4) is 0 Å². The lowest BCUT2D eigenvalue weighted by Gasteiger charge is -2.10. The fraction of sp³-hybridized carbons (Fsp3) is 0.214. The molecule has 0 aliphatic carbocycles. The summed E-state index contributed by atoms with van der Waals surface area (Å²) in [4.78, 5) is 12.1. The van der Waals surface area contributed by atoms with E-state index < -0.39 is 6.10 Å². The van der Waals surface area contributed by atoms with Crippen LogP contribution in [0.2, 0.25) is 0 Å². The van der Waals surface area contributed by atoms with E-state index in [0.717, 1.165) is 17.3 Å². The predicted octanol–water partition coefficient (Wildman–Crippen LogP) is 2.83. The molecule has 6 heteroatoms. The molecule has 0 radical (unpaired) electrons. The molecule has 0 saturated heterocycles. The molecule has 2 rings (SSSR count). The number of halogens is 1. The predicted molar refractivity (Wildman–Crippen MR) is 79.4 cm³/mol. The molecule has 0 fully saturated rings. The first-order chi connectivity index (χ1) is 9.66. The molecule has 0 spiro atoms. The highest BCUT2D eigenvalue weighted by Gasteiger charge is 2.10. The van der Waals surface area contributed by atoms with Gasteiger partial charge < -0.3 is 10.4 Å². The van der Waals surface area contributed by atoms with Crippen LogP contribution in [-0.4, -0.2) is 23.3 Å². The minimum atomic E-state index is -0.705. The zero-order chi connectivity index (χ0) is 14.4. The van der Waals surface area contributed by atoms with E-state index in [4.69, 9.17) is 0 Å². The minimum Gasteiger partial charge on any atom is -0.387 e. The number of rotatable bonds is 6. The number of nitrogens with one attached hydrogen (secondary N) is 1. The zero-order valence-electron chi connectivity index (χ0n) is 10.6. The van der Waals surface area contributed by atoms with E-state index >= 15 is 0 Å². The molecular weight excluding hydrogens is 297 g/mol. The van der Waals surface area contributed by atoms with Crippen molar-refractivity contribution in [1.82, 2.24) is 5.32 Å². The van der Waals surface area contributed by atoms with E-state index in [0.29, 0.717) is 4.90 Å². The molecule has 1 aromatic carbocycles. The van der Waals surface area contributed by atoms with Gasteiger partial charge in [-0.25, -0.2) is 4.39 Å². The molecule has 20 heavy (non-hydrogen) atoms. The second kappa shape index (κ2) is 7.42. The average Bonchev–Trinajstić information content (AvgIpc) is 2.98. The Morgan fingerprint density at radius 3 is 2.90 bits per heavy atom. The standard InChI is InChI=1S/C14H14FNO2S2/c15-11-3-1-2-4-13(11)20-9-14(18)16-7-12(17)10-5-6-19-8-10/h1-6,8,12,17H,7,9H2,(H,16,18). The van der Waals surface area contributed by atoms with Crippen LogP contribution in [0.25, 0.3) is 0 Å². The van der Waals surface area contributed by atoms with Crippen molar-refractivity contribution in [2.45, 2.75) is 11.0 Å². The van der Waals surface area contributed by atoms with Gasteiger partial charge in [-0.2, -0.15) is 11.3 Å². The molecule has 0 aliphatic rings. The summed E-state index contributed by atoms with van der Waals surface area (Å²) < 4.78 is 13.3. The Balaban J connectivity index is 1.75. The molecule has 1 aromatic heterocycles. The number of thiophene rings is 1. The number of benzene rings is 1. The smallest absolute Gasteiger partial charge is 0.230 e. The van der Waals surface area contributed by atoms with Gasteiger partial charge in [0.2, 0.25) is 5.91 Å². The number of aliphatic hydroxyl groups excluding tert-OH is 1. The molecule has 106 valence electrons. The minimum absolute atomic E-state index is 0.122. The summed E-state index contributed by atoms with van der Waals surface area (Å²) in [6.07, 6.45) is -0.705. The van der Waals surface area contributed by atoms with Crippen molar-refractivity contribution in [3.05, 3.63) is 52.5 Å². The molecule has 2 N–H and O–H groups in total. The second-order valence-electron chi connectivity index (χ2n) is 4.10. The van der Waals surface area contributed by atoms with Crippen LogP contribution in [0.15, 0.2) is 46.0 Å². The summed E-state index contributed by atoms with van der Waals surface area (Å²) in [6.45, 7) is 0.160. The number of hydrogen-bond donors (Lipinski definition) is 2. The van der Waals surface area contributed by atoms with E-state index in [-0.39, 0.29) is 24.0 Å². The van der Waals surface area contributed by atoms with Crippen LogP contribution in [-0.2, 0) is 4.79 Å². The normalized spacial score (nSPS) is 12.1. The number of carbonyl (C=O) groups is 1. The molecule has 1 heterocycles. The van der Waals surface area contributed by atoms with Gasteiger partial charge in [-0.05, 0) is 34.5 Å². The van der Waals surface area contributed by atoms with Crippen LogP contribution in [0.3, 0.4) is 0 Å². The van der Waals surface area contributed by atoms with Crippen molar-refractivity contribution >= 4 is 29.0 Å². The fourth-order valence-electron chi connectivity index (χ4n) is 1.55. The maximum atomic E-state index is 13.3. The van der Waals surface area contributed by atoms with Gasteiger partial charge in [0.15, 0.2) is 0 Å². The van der Waals surface area contributed by atoms with Gasteiger partial charge in [0.1, 0.15) is 5.82 Å². The van der Waals surface area contributed by atoms with Gasteiger partial charge in [0.25, 0.3) is 0 Å². The van der Waals surface area contributed by atoms with Gasteiger partial charge in [0, 0.05) is 11.4 Å². The molecule has 0 bridgehead atoms. The third kappa shape index (κ3) is 4.33. The highest BCUT2D eigenvalue weighted by atomic mass is 32.2. The van der Waals surface area contributed by atoms with Crippen LogP contribution in [0, 0.1) is 5.82 Å². The maximum Gasteiger partial charge on any atom is 0.230 e. The Bertz CT molecular complexity index is 560. The van der Waals surface area contributed by atoms with Crippen LogP contribution in [0.4, 0.5) is 4.39 Å². The lowest BCUT2D eigenvalue weighted by atomic mass is 10.2. The van der Waals surface area contributed by atoms with E-state index in [2.05, 4.69) is 5.32 Å². The number of amides is 1. The lowest BCUT2D eigenvalue weighted by Crippen LogP contribution is -2.29. The fourth-order valence-corrected chi connectivity index (χ4v) is 3.03. The van der Waals surface area contributed by atoms with E-state index in [1.807, 2.05) is 16.8 Å². The largest absolute Gasteiger partial charge is 0.387 e. The molecule has 0 aliphatic heterocycles. The summed E-state index contributed by atoms with van der Waals surface area (Å²) >= 11 is 2.63. The van der Waals surface area contributed by atoms with Crippen molar-refractivity contribution < 1.29 is 14.3 Å². The van der Waals surface area contributed by atoms with Crippen molar-refractivity contribution in [1.29, 1.82) is 0 Å². The lowest BCUT2D eigenvalue weighted by molar-refractivity contribution is -0.119. The maximum absolute atomic E-state index is 13.3. The Morgan fingerprint density at radius 2 is 2.20 bits per heavy atom. The third-order valence-corrected chi connectivity index (χ3v) is 4.37. The van der Waals surface area contributed by atoms with Crippen LogP contribution in [0.5, 0.6) is 0 Å². The highest BCUT2D eigenvalue weighted by Crippen LogP contribution is 2.21. The first-order valence-electron chi connectivity index (χ1n) is 6.01. The third-order valence-electron chi connectivity index (χ3n) is 2.62.